The lowest BCUT2D eigenvalue weighted by Crippen LogP contribution is -2.29. The fraction of sp³-hybridized carbons (Fsp3) is 0.348. The summed E-state index contributed by atoms with van der Waals surface area (Å²) >= 11 is 0. The Hall–Kier alpha value is -2.90. The molecule has 4 rings (SSSR count). The van der Waals surface area contributed by atoms with Crippen LogP contribution in [0.2, 0.25) is 0 Å². The van der Waals surface area contributed by atoms with Gasteiger partial charge in [-0.2, -0.15) is 31.4 Å². The lowest BCUT2D eigenvalue weighted by atomic mass is 9.97. The van der Waals surface area contributed by atoms with E-state index in [1.165, 1.54) is 13.1 Å². The number of aromatic nitrogens is 2. The fourth-order valence-corrected chi connectivity index (χ4v) is 5.82. The second-order valence-electron chi connectivity index (χ2n) is 8.63. The number of halogens is 6. The molecule has 1 aromatic heterocycles. The van der Waals surface area contributed by atoms with Crippen LogP contribution in [0.1, 0.15) is 51.5 Å². The molecule has 13 heteroatoms. The van der Waals surface area contributed by atoms with Crippen molar-refractivity contribution in [3.63, 3.8) is 0 Å². The van der Waals surface area contributed by atoms with Crippen molar-refractivity contribution in [1.29, 1.82) is 0 Å². The molecule has 2 aromatic carbocycles. The van der Waals surface area contributed by atoms with Crippen LogP contribution in [0.4, 0.5) is 26.3 Å². The summed E-state index contributed by atoms with van der Waals surface area (Å²) in [6.07, 6.45) is -7.85. The van der Waals surface area contributed by atoms with E-state index in [1.807, 2.05) is 0 Å². The molecule has 0 aliphatic heterocycles. The average molecular weight is 533 g/mol. The smallest absolute Gasteiger partial charge is 0.392 e. The van der Waals surface area contributed by atoms with Gasteiger partial charge in [-0.3, -0.25) is 4.68 Å². The first-order valence-corrected chi connectivity index (χ1v) is 12.2. The van der Waals surface area contributed by atoms with E-state index in [1.54, 1.807) is 18.2 Å². The molecule has 1 aliphatic rings. The van der Waals surface area contributed by atoms with Crippen LogP contribution in [-0.2, 0) is 48.9 Å². The summed E-state index contributed by atoms with van der Waals surface area (Å²) in [5.41, 5.74) is 0.107. The topological polar surface area (TPSA) is 84.2 Å². The Morgan fingerprint density at radius 3 is 2.36 bits per heavy atom. The van der Waals surface area contributed by atoms with Gasteiger partial charge in [0, 0.05) is 19.3 Å². The number of rotatable bonds is 6. The third-order valence-electron chi connectivity index (χ3n) is 5.91. The Morgan fingerprint density at radius 1 is 1.03 bits per heavy atom. The van der Waals surface area contributed by atoms with Crippen molar-refractivity contribution in [1.82, 2.24) is 14.5 Å². The van der Waals surface area contributed by atoms with Crippen LogP contribution >= 0.6 is 0 Å². The maximum Gasteiger partial charge on any atom is 0.436 e. The molecule has 194 valence electrons. The number of hydrogen-bond acceptors (Lipinski definition) is 4. The molecule has 0 radical (unpaired) electrons. The second kappa shape index (κ2) is 9.20. The molecule has 1 unspecified atom stereocenters. The maximum absolute atomic E-state index is 13.3. The van der Waals surface area contributed by atoms with Gasteiger partial charge in [-0.15, -0.1) is 0 Å². The van der Waals surface area contributed by atoms with Crippen molar-refractivity contribution in [2.75, 3.05) is 0 Å². The lowest BCUT2D eigenvalue weighted by molar-refractivity contribution is -0.143. The van der Waals surface area contributed by atoms with Gasteiger partial charge in [-0.1, -0.05) is 24.3 Å². The van der Waals surface area contributed by atoms with Crippen molar-refractivity contribution >= 4 is 10.0 Å². The Kier molecular flexibility index (Phi) is 6.69. The normalized spacial score (nSPS) is 16.4. The maximum atomic E-state index is 13.3. The molecule has 0 saturated carbocycles. The molecule has 1 atom stereocenters. The summed E-state index contributed by atoms with van der Waals surface area (Å²) in [6, 6.07) is 7.61. The Labute approximate surface area is 202 Å². The van der Waals surface area contributed by atoms with Crippen LogP contribution in [0.5, 0.6) is 0 Å². The van der Waals surface area contributed by atoms with E-state index in [4.69, 9.17) is 0 Å². The van der Waals surface area contributed by atoms with Gasteiger partial charge in [0.05, 0.1) is 12.2 Å². The number of hydrogen-bond donors (Lipinski definition) is 2. The minimum atomic E-state index is -4.95. The number of benzene rings is 2. The van der Waals surface area contributed by atoms with Gasteiger partial charge in [0.1, 0.15) is 4.90 Å². The SMILES string of the molecule is Cn1cc(S(=O)(=O)NC2CCc3cc(Cc4cc(CO)cc(C(F)(F)F)c4)ccc32)c(C(F)(F)F)n1. The highest BCUT2D eigenvalue weighted by Crippen LogP contribution is 2.37. The van der Waals surface area contributed by atoms with Crippen molar-refractivity contribution in [3.8, 4) is 0 Å². The summed E-state index contributed by atoms with van der Waals surface area (Å²) in [7, 11) is -3.36. The molecule has 0 spiro atoms. The van der Waals surface area contributed by atoms with Gasteiger partial charge in [-0.25, -0.2) is 13.1 Å². The minimum absolute atomic E-state index is 0.129. The van der Waals surface area contributed by atoms with Gasteiger partial charge in [-0.05, 0) is 59.2 Å². The minimum Gasteiger partial charge on any atom is -0.392 e. The molecule has 1 aliphatic carbocycles. The molecule has 0 bridgehead atoms. The van der Waals surface area contributed by atoms with Gasteiger partial charge in [0.25, 0.3) is 0 Å². The number of aliphatic hydroxyl groups is 1. The Bertz CT molecular complexity index is 1400. The summed E-state index contributed by atoms with van der Waals surface area (Å²) in [6.45, 7) is -0.546. The zero-order chi connectivity index (χ0) is 26.5. The monoisotopic (exact) mass is 533 g/mol. The van der Waals surface area contributed by atoms with Crippen LogP contribution in [0.3, 0.4) is 0 Å². The largest absolute Gasteiger partial charge is 0.436 e. The first kappa shape index (κ1) is 26.2. The zero-order valence-electron chi connectivity index (χ0n) is 18.8. The van der Waals surface area contributed by atoms with E-state index in [0.717, 1.165) is 28.6 Å². The van der Waals surface area contributed by atoms with Gasteiger partial charge in [0.2, 0.25) is 10.0 Å². The molecular weight excluding hydrogens is 512 g/mol. The first-order valence-electron chi connectivity index (χ1n) is 10.7. The zero-order valence-corrected chi connectivity index (χ0v) is 19.6. The van der Waals surface area contributed by atoms with E-state index in [-0.39, 0.29) is 12.0 Å². The summed E-state index contributed by atoms with van der Waals surface area (Å²) < 4.78 is 108. The number of nitrogens with zero attached hydrogens (tertiary/aromatic N) is 2. The molecule has 3 aromatic rings. The van der Waals surface area contributed by atoms with Crippen LogP contribution in [-0.4, -0.2) is 23.3 Å². The van der Waals surface area contributed by atoms with Crippen LogP contribution < -0.4 is 4.72 Å². The van der Waals surface area contributed by atoms with Crippen molar-refractivity contribution in [2.24, 2.45) is 7.05 Å². The number of aryl methyl sites for hydroxylation is 2. The highest BCUT2D eigenvalue weighted by atomic mass is 32.2. The van der Waals surface area contributed by atoms with Gasteiger partial charge in [0.15, 0.2) is 5.69 Å². The first-order chi connectivity index (χ1) is 16.7. The highest BCUT2D eigenvalue weighted by Gasteiger charge is 2.42. The standard InChI is InChI=1S/C23H21F6N3O3S/c1-32-11-20(21(30-32)23(27,28)29)36(34,35)31-19-5-3-16-8-13(2-4-18(16)19)6-14-7-15(12-33)10-17(9-14)22(24,25)26/h2,4,7-11,19,31,33H,3,5-6,12H2,1H3. The molecule has 6 nitrogen and oxygen atoms in total. The van der Waals surface area contributed by atoms with E-state index < -0.39 is 51.2 Å². The van der Waals surface area contributed by atoms with Gasteiger partial charge < -0.3 is 5.11 Å². The number of fused-ring (bicyclic) bond motifs is 1. The van der Waals surface area contributed by atoms with Crippen molar-refractivity contribution < 1.29 is 39.9 Å². The molecule has 0 saturated heterocycles. The number of aliphatic hydroxyl groups excluding tert-OH is 1. The predicted octanol–water partition coefficient (Wildman–Crippen LogP) is 4.51. The molecule has 2 N–H and O–H groups in total. The van der Waals surface area contributed by atoms with E-state index in [9.17, 15) is 39.9 Å². The Balaban J connectivity index is 1.57. The Morgan fingerprint density at radius 2 is 1.72 bits per heavy atom. The summed E-state index contributed by atoms with van der Waals surface area (Å²) in [4.78, 5) is -0.966. The predicted molar refractivity (Wildman–Crippen MR) is 116 cm³/mol. The molecule has 0 amide bonds. The molecule has 36 heavy (non-hydrogen) atoms. The van der Waals surface area contributed by atoms with Crippen LogP contribution in [0.25, 0.3) is 0 Å². The van der Waals surface area contributed by atoms with Crippen LogP contribution in [0, 0.1) is 0 Å². The van der Waals surface area contributed by atoms with E-state index in [2.05, 4.69) is 9.82 Å². The average Bonchev–Trinajstić information content (AvgIpc) is 3.36. The third kappa shape index (κ3) is 5.42. The molecular formula is C23H21F6N3O3S. The molecule has 0 fully saturated rings. The summed E-state index contributed by atoms with van der Waals surface area (Å²) in [5, 5.41) is 12.6. The van der Waals surface area contributed by atoms with E-state index >= 15 is 0 Å². The number of nitrogens with one attached hydrogen (secondary N) is 1. The second-order valence-corrected chi connectivity index (χ2v) is 10.3. The van der Waals surface area contributed by atoms with Crippen molar-refractivity contribution in [2.45, 2.75) is 49.2 Å². The van der Waals surface area contributed by atoms with Crippen molar-refractivity contribution in [3.05, 3.63) is 81.7 Å². The van der Waals surface area contributed by atoms with Crippen LogP contribution in [0.15, 0.2) is 47.5 Å². The quantitative estimate of drug-likeness (QED) is 0.457. The highest BCUT2D eigenvalue weighted by molar-refractivity contribution is 7.89. The van der Waals surface area contributed by atoms with E-state index in [0.29, 0.717) is 29.5 Å². The van der Waals surface area contributed by atoms with Gasteiger partial charge >= 0.3 is 12.4 Å². The number of sulfonamides is 1. The molecule has 1 heterocycles. The fourth-order valence-electron chi connectivity index (χ4n) is 4.37. The lowest BCUT2D eigenvalue weighted by Gasteiger charge is -2.16. The third-order valence-corrected chi connectivity index (χ3v) is 7.38. The summed E-state index contributed by atoms with van der Waals surface area (Å²) in [5.74, 6) is 0. The number of alkyl halides is 6.